The van der Waals surface area contributed by atoms with Crippen LogP contribution in [-0.2, 0) is 4.74 Å². The summed E-state index contributed by atoms with van der Waals surface area (Å²) in [6.45, 7) is 2.10. The van der Waals surface area contributed by atoms with E-state index in [1.54, 1.807) is 0 Å². The number of hydrogen-bond donors (Lipinski definition) is 3. The maximum absolute atomic E-state index is 15.4. The van der Waals surface area contributed by atoms with Gasteiger partial charge in [0.1, 0.15) is 18.0 Å². The zero-order valence-corrected chi connectivity index (χ0v) is 14.2. The average Bonchev–Trinajstić information content (AvgIpc) is 3.02. The SMILES string of the molecule is CC1(O)[C@@H](CO)OC(n2cnc3c(NC4CCC4)ncnc32)[C@]1(C)F. The first-order valence-electron chi connectivity index (χ1n) is 8.48. The molecule has 136 valence electrons. The number of aromatic nitrogens is 4. The summed E-state index contributed by atoms with van der Waals surface area (Å²) in [6.07, 6.45) is 3.99. The Bertz CT molecular complexity index is 789. The van der Waals surface area contributed by atoms with E-state index in [-0.39, 0.29) is 0 Å². The Morgan fingerprint density at radius 2 is 2.12 bits per heavy atom. The highest BCUT2D eigenvalue weighted by atomic mass is 19.1. The first-order chi connectivity index (χ1) is 11.9. The van der Waals surface area contributed by atoms with Crippen molar-refractivity contribution >= 4 is 17.0 Å². The molecule has 0 spiro atoms. The van der Waals surface area contributed by atoms with E-state index in [9.17, 15) is 10.2 Å². The van der Waals surface area contributed by atoms with Gasteiger partial charge in [0.2, 0.25) is 0 Å². The van der Waals surface area contributed by atoms with Gasteiger partial charge in [-0.1, -0.05) is 0 Å². The normalized spacial score (nSPS) is 35.9. The third kappa shape index (κ3) is 2.33. The number of hydrogen-bond acceptors (Lipinski definition) is 7. The van der Waals surface area contributed by atoms with E-state index in [4.69, 9.17) is 4.74 Å². The highest BCUT2D eigenvalue weighted by molar-refractivity contribution is 5.82. The molecular formula is C16H22FN5O3. The number of nitrogens with one attached hydrogen (secondary N) is 1. The van der Waals surface area contributed by atoms with Crippen molar-refractivity contribution < 1.29 is 19.3 Å². The van der Waals surface area contributed by atoms with Gasteiger partial charge >= 0.3 is 0 Å². The fraction of sp³-hybridized carbons (Fsp3) is 0.688. The summed E-state index contributed by atoms with van der Waals surface area (Å²) in [4.78, 5) is 12.8. The molecule has 2 aromatic heterocycles. The molecule has 1 saturated carbocycles. The molecule has 1 saturated heterocycles. The van der Waals surface area contributed by atoms with Crippen LogP contribution in [0, 0.1) is 0 Å². The molecule has 1 aliphatic carbocycles. The van der Waals surface area contributed by atoms with Crippen LogP contribution in [-0.4, -0.2) is 59.8 Å². The number of anilines is 1. The molecule has 4 atom stereocenters. The van der Waals surface area contributed by atoms with E-state index < -0.39 is 30.2 Å². The zero-order chi connectivity index (χ0) is 17.8. The lowest BCUT2D eigenvalue weighted by Gasteiger charge is -2.32. The second-order valence-corrected chi connectivity index (χ2v) is 7.20. The standard InChI is InChI=1S/C16H22FN5O3/c1-15(17)14(25-10(6-23)16(15,2)24)22-8-20-11-12(18-7-19-13(11)22)21-9-4-3-5-9/h7-10,14,23-24H,3-6H2,1-2H3,(H,18,19,21)/t10-,14?,15+,16?/m1/s1. The van der Waals surface area contributed by atoms with Crippen LogP contribution in [0.2, 0.25) is 0 Å². The molecule has 8 nitrogen and oxygen atoms in total. The molecule has 9 heteroatoms. The number of halogens is 1. The largest absolute Gasteiger partial charge is 0.394 e. The lowest BCUT2D eigenvalue weighted by Crippen LogP contribution is -2.51. The molecule has 2 aromatic rings. The second-order valence-electron chi connectivity index (χ2n) is 7.20. The number of imidazole rings is 1. The predicted molar refractivity (Wildman–Crippen MR) is 87.7 cm³/mol. The van der Waals surface area contributed by atoms with Gasteiger partial charge in [-0.3, -0.25) is 4.57 Å². The van der Waals surface area contributed by atoms with Gasteiger partial charge in [0, 0.05) is 6.04 Å². The van der Waals surface area contributed by atoms with Gasteiger partial charge in [-0.25, -0.2) is 19.3 Å². The Balaban J connectivity index is 1.73. The zero-order valence-electron chi connectivity index (χ0n) is 14.2. The smallest absolute Gasteiger partial charge is 0.183 e. The Kier molecular flexibility index (Phi) is 3.71. The first kappa shape index (κ1) is 16.6. The second kappa shape index (κ2) is 5.58. The molecular weight excluding hydrogens is 329 g/mol. The minimum Gasteiger partial charge on any atom is -0.394 e. The molecule has 3 heterocycles. The monoisotopic (exact) mass is 351 g/mol. The molecule has 2 aliphatic rings. The van der Waals surface area contributed by atoms with Crippen LogP contribution < -0.4 is 5.32 Å². The molecule has 0 amide bonds. The number of ether oxygens (including phenoxy) is 1. The Morgan fingerprint density at radius 3 is 2.72 bits per heavy atom. The number of fused-ring (bicyclic) bond motifs is 1. The number of rotatable bonds is 4. The summed E-state index contributed by atoms with van der Waals surface area (Å²) in [6, 6.07) is 0.372. The van der Waals surface area contributed by atoms with Gasteiger partial charge in [-0.05, 0) is 33.1 Å². The predicted octanol–water partition coefficient (Wildman–Crippen LogP) is 1.16. The molecule has 0 bridgehead atoms. The minimum atomic E-state index is -2.14. The van der Waals surface area contributed by atoms with E-state index in [1.165, 1.54) is 37.5 Å². The van der Waals surface area contributed by atoms with Crippen LogP contribution in [0.15, 0.2) is 12.7 Å². The number of aliphatic hydroxyl groups is 2. The third-order valence-electron chi connectivity index (χ3n) is 5.60. The molecule has 2 unspecified atom stereocenters. The van der Waals surface area contributed by atoms with Crippen molar-refractivity contribution in [3.63, 3.8) is 0 Å². The van der Waals surface area contributed by atoms with E-state index in [0.717, 1.165) is 12.8 Å². The molecule has 0 radical (unpaired) electrons. The molecule has 3 N–H and O–H groups in total. The number of nitrogens with zero attached hydrogens (tertiary/aromatic N) is 4. The van der Waals surface area contributed by atoms with Gasteiger partial charge in [0.25, 0.3) is 0 Å². The van der Waals surface area contributed by atoms with Gasteiger partial charge in [0.15, 0.2) is 28.9 Å². The minimum absolute atomic E-state index is 0.372. The van der Waals surface area contributed by atoms with E-state index >= 15 is 4.39 Å². The van der Waals surface area contributed by atoms with Gasteiger partial charge in [-0.2, -0.15) is 0 Å². The van der Waals surface area contributed by atoms with Crippen molar-refractivity contribution in [1.82, 2.24) is 19.5 Å². The Morgan fingerprint density at radius 1 is 1.36 bits per heavy atom. The highest BCUT2D eigenvalue weighted by Crippen LogP contribution is 2.48. The van der Waals surface area contributed by atoms with Crippen LogP contribution >= 0.6 is 0 Å². The van der Waals surface area contributed by atoms with Crippen LogP contribution in [0.5, 0.6) is 0 Å². The molecule has 0 aromatic carbocycles. The number of alkyl halides is 1. The molecule has 4 rings (SSSR count). The molecule has 1 aliphatic heterocycles. The highest BCUT2D eigenvalue weighted by Gasteiger charge is 2.63. The lowest BCUT2D eigenvalue weighted by atomic mass is 9.85. The van der Waals surface area contributed by atoms with Crippen molar-refractivity contribution in [1.29, 1.82) is 0 Å². The van der Waals surface area contributed by atoms with Crippen LogP contribution in [0.4, 0.5) is 10.2 Å². The van der Waals surface area contributed by atoms with E-state index in [2.05, 4.69) is 20.3 Å². The quantitative estimate of drug-likeness (QED) is 0.759. The maximum atomic E-state index is 15.4. The first-order valence-corrected chi connectivity index (χ1v) is 8.48. The summed E-state index contributed by atoms with van der Waals surface area (Å²) < 4.78 is 22.4. The summed E-state index contributed by atoms with van der Waals surface area (Å²) in [5, 5.41) is 23.3. The number of aliphatic hydroxyl groups excluding tert-OH is 1. The van der Waals surface area contributed by atoms with E-state index in [1.807, 2.05) is 0 Å². The summed E-state index contributed by atoms with van der Waals surface area (Å²) >= 11 is 0. The average molecular weight is 351 g/mol. The van der Waals surface area contributed by atoms with Crippen molar-refractivity contribution in [3.8, 4) is 0 Å². The van der Waals surface area contributed by atoms with Crippen molar-refractivity contribution in [3.05, 3.63) is 12.7 Å². The van der Waals surface area contributed by atoms with Crippen LogP contribution in [0.3, 0.4) is 0 Å². The fourth-order valence-electron chi connectivity index (χ4n) is 3.40. The molecule has 25 heavy (non-hydrogen) atoms. The fourth-order valence-corrected chi connectivity index (χ4v) is 3.40. The summed E-state index contributed by atoms with van der Waals surface area (Å²) in [5.74, 6) is 0.609. The van der Waals surface area contributed by atoms with Crippen LogP contribution in [0.1, 0.15) is 39.3 Å². The van der Waals surface area contributed by atoms with Gasteiger partial charge in [0.05, 0.1) is 12.9 Å². The van der Waals surface area contributed by atoms with Crippen LogP contribution in [0.25, 0.3) is 11.2 Å². The van der Waals surface area contributed by atoms with Crippen molar-refractivity contribution in [2.75, 3.05) is 11.9 Å². The Labute approximate surface area is 144 Å². The van der Waals surface area contributed by atoms with Gasteiger partial charge < -0.3 is 20.3 Å². The van der Waals surface area contributed by atoms with Crippen molar-refractivity contribution in [2.45, 2.75) is 62.8 Å². The Hall–Kier alpha value is -1.84. The molecule has 2 fully saturated rings. The summed E-state index contributed by atoms with van der Waals surface area (Å²) in [7, 11) is 0. The third-order valence-corrected chi connectivity index (χ3v) is 5.60. The summed E-state index contributed by atoms with van der Waals surface area (Å²) in [5.41, 5.74) is -3.04. The topological polar surface area (TPSA) is 105 Å². The lowest BCUT2D eigenvalue weighted by molar-refractivity contribution is -0.0891. The van der Waals surface area contributed by atoms with Gasteiger partial charge in [-0.15, -0.1) is 0 Å². The van der Waals surface area contributed by atoms with Crippen molar-refractivity contribution in [2.24, 2.45) is 0 Å². The maximum Gasteiger partial charge on any atom is 0.183 e. The van der Waals surface area contributed by atoms with E-state index in [0.29, 0.717) is 23.0 Å².